The third-order valence-electron chi connectivity index (χ3n) is 2.94. The molecule has 3 rings (SSSR count). The minimum Gasteiger partial charge on any atom is -0.404 e. The van der Waals surface area contributed by atoms with Crippen molar-refractivity contribution in [2.75, 3.05) is 0 Å². The summed E-state index contributed by atoms with van der Waals surface area (Å²) < 4.78 is 1.30. The summed E-state index contributed by atoms with van der Waals surface area (Å²) in [6.45, 7) is 2.05. The Morgan fingerprint density at radius 3 is 3.07 bits per heavy atom. The molecule has 1 aromatic carbocycles. The second-order valence-electron chi connectivity index (χ2n) is 3.87. The normalized spacial score (nSPS) is 17.5. The summed E-state index contributed by atoms with van der Waals surface area (Å²) in [6, 6.07) is 4.31. The van der Waals surface area contributed by atoms with E-state index in [9.17, 15) is 0 Å². The lowest BCUT2D eigenvalue weighted by molar-refractivity contribution is 1.08. The van der Waals surface area contributed by atoms with Crippen LogP contribution in [-0.2, 0) is 6.42 Å². The van der Waals surface area contributed by atoms with Gasteiger partial charge in [0.05, 0.1) is 15.2 Å². The maximum atomic E-state index is 5.67. The summed E-state index contributed by atoms with van der Waals surface area (Å²) in [4.78, 5) is 4.51. The minimum absolute atomic E-state index is 1.07. The minimum atomic E-state index is 1.07. The molecule has 0 fully saturated rings. The number of hydrogen-bond donors (Lipinski definition) is 1. The van der Waals surface area contributed by atoms with Gasteiger partial charge in [0.1, 0.15) is 0 Å². The Hall–Kier alpha value is -1.35. The van der Waals surface area contributed by atoms with Gasteiger partial charge in [-0.25, -0.2) is 4.98 Å². The number of fused-ring (bicyclic) bond motifs is 3. The van der Waals surface area contributed by atoms with E-state index in [-0.39, 0.29) is 0 Å². The fraction of sp³-hybridized carbons (Fsp3) is 0.250. The van der Waals surface area contributed by atoms with E-state index in [0.717, 1.165) is 23.4 Å². The first-order valence-corrected chi connectivity index (χ1v) is 5.91. The Morgan fingerprint density at radius 1 is 1.40 bits per heavy atom. The van der Waals surface area contributed by atoms with Crippen LogP contribution >= 0.6 is 11.3 Å². The molecule has 1 heterocycles. The molecule has 0 saturated heterocycles. The van der Waals surface area contributed by atoms with E-state index in [1.54, 1.807) is 17.5 Å². The molecule has 3 heteroatoms. The van der Waals surface area contributed by atoms with Gasteiger partial charge >= 0.3 is 0 Å². The molecule has 1 aliphatic rings. The molecule has 0 unspecified atom stereocenters. The van der Waals surface area contributed by atoms with Crippen molar-refractivity contribution in [2.24, 2.45) is 5.73 Å². The summed E-state index contributed by atoms with van der Waals surface area (Å²) >= 11 is 1.77. The first-order chi connectivity index (χ1) is 7.29. The molecule has 15 heavy (non-hydrogen) atoms. The van der Waals surface area contributed by atoms with Crippen LogP contribution in [0.15, 0.2) is 18.3 Å². The van der Waals surface area contributed by atoms with E-state index >= 15 is 0 Å². The predicted octanol–water partition coefficient (Wildman–Crippen LogP) is 2.85. The molecular weight excluding hydrogens is 204 g/mol. The highest BCUT2D eigenvalue weighted by atomic mass is 32.1. The highest BCUT2D eigenvalue weighted by Gasteiger charge is 2.20. The zero-order valence-corrected chi connectivity index (χ0v) is 9.40. The number of rotatable bonds is 0. The summed E-state index contributed by atoms with van der Waals surface area (Å²) in [5, 5.41) is 1.13. The van der Waals surface area contributed by atoms with Gasteiger partial charge in [-0.3, -0.25) is 0 Å². The summed E-state index contributed by atoms with van der Waals surface area (Å²) in [5.74, 6) is 0. The molecule has 0 atom stereocenters. The molecular formula is C12H12N2S. The fourth-order valence-corrected chi connectivity index (χ4v) is 3.29. The average molecular weight is 216 g/mol. The molecule has 0 aliphatic heterocycles. The number of allylic oxidation sites excluding steroid dienone is 1. The molecule has 1 aliphatic carbocycles. The number of thiazole rings is 1. The molecule has 2 N–H and O–H groups in total. The number of nitrogens with zero attached hydrogens (tertiary/aromatic N) is 1. The van der Waals surface area contributed by atoms with Crippen molar-refractivity contribution < 1.29 is 0 Å². The zero-order chi connectivity index (χ0) is 10.4. The molecule has 0 amide bonds. The molecule has 0 bridgehead atoms. The van der Waals surface area contributed by atoms with Gasteiger partial charge in [-0.05, 0) is 43.2 Å². The average Bonchev–Trinajstić information content (AvgIpc) is 2.78. The summed E-state index contributed by atoms with van der Waals surface area (Å²) in [5.41, 5.74) is 10.8. The quantitative estimate of drug-likeness (QED) is 0.735. The van der Waals surface area contributed by atoms with Gasteiger partial charge in [-0.15, -0.1) is 11.3 Å². The van der Waals surface area contributed by atoms with Crippen LogP contribution in [0.4, 0.5) is 0 Å². The molecule has 2 aromatic rings. The Bertz CT molecular complexity index is 566. The molecule has 0 saturated carbocycles. The van der Waals surface area contributed by atoms with Gasteiger partial charge < -0.3 is 5.73 Å². The van der Waals surface area contributed by atoms with Crippen LogP contribution in [-0.4, -0.2) is 4.98 Å². The van der Waals surface area contributed by atoms with E-state index in [1.807, 2.05) is 0 Å². The lowest BCUT2D eigenvalue weighted by Gasteiger charge is -2.00. The fourth-order valence-electron chi connectivity index (χ4n) is 2.27. The summed E-state index contributed by atoms with van der Waals surface area (Å²) in [6.07, 6.45) is 3.94. The number of nitrogens with two attached hydrogens (primary N) is 1. The van der Waals surface area contributed by atoms with Crippen molar-refractivity contribution in [3.63, 3.8) is 0 Å². The molecule has 0 spiro atoms. The third kappa shape index (κ3) is 1.20. The van der Waals surface area contributed by atoms with Gasteiger partial charge in [0, 0.05) is 5.56 Å². The van der Waals surface area contributed by atoms with Crippen LogP contribution in [0, 0.1) is 6.92 Å². The Labute approximate surface area is 92.4 Å². The Kier molecular flexibility index (Phi) is 1.83. The van der Waals surface area contributed by atoms with Crippen molar-refractivity contribution >= 4 is 27.1 Å². The number of hydrogen-bond acceptors (Lipinski definition) is 3. The SMILES string of the molecule is Cc1nc2ccc3c(c2s1)/C(=C/N)CC3. The maximum absolute atomic E-state index is 5.67. The van der Waals surface area contributed by atoms with E-state index in [2.05, 4.69) is 24.0 Å². The van der Waals surface area contributed by atoms with Crippen LogP contribution in [0.5, 0.6) is 0 Å². The monoisotopic (exact) mass is 216 g/mol. The van der Waals surface area contributed by atoms with Gasteiger partial charge in [0.25, 0.3) is 0 Å². The zero-order valence-electron chi connectivity index (χ0n) is 8.58. The summed E-state index contributed by atoms with van der Waals surface area (Å²) in [7, 11) is 0. The van der Waals surface area contributed by atoms with Crippen molar-refractivity contribution in [3.8, 4) is 0 Å². The number of aromatic nitrogens is 1. The lowest BCUT2D eigenvalue weighted by Crippen LogP contribution is -1.85. The van der Waals surface area contributed by atoms with Crippen molar-refractivity contribution in [3.05, 3.63) is 34.5 Å². The Balaban J connectivity index is 2.42. The van der Waals surface area contributed by atoms with E-state index < -0.39 is 0 Å². The van der Waals surface area contributed by atoms with Crippen molar-refractivity contribution in [2.45, 2.75) is 19.8 Å². The number of benzene rings is 1. The van der Waals surface area contributed by atoms with Crippen LogP contribution in [0.1, 0.15) is 22.6 Å². The maximum Gasteiger partial charge on any atom is 0.0907 e. The van der Waals surface area contributed by atoms with Crippen molar-refractivity contribution in [1.29, 1.82) is 0 Å². The third-order valence-corrected chi connectivity index (χ3v) is 3.94. The second kappa shape index (κ2) is 3.07. The van der Waals surface area contributed by atoms with E-state index in [1.165, 1.54) is 21.4 Å². The lowest BCUT2D eigenvalue weighted by atomic mass is 10.1. The van der Waals surface area contributed by atoms with Crippen molar-refractivity contribution in [1.82, 2.24) is 4.98 Å². The van der Waals surface area contributed by atoms with Crippen LogP contribution in [0.3, 0.4) is 0 Å². The molecule has 1 aromatic heterocycles. The van der Waals surface area contributed by atoms with E-state index in [4.69, 9.17) is 5.73 Å². The molecule has 0 radical (unpaired) electrons. The smallest absolute Gasteiger partial charge is 0.0907 e. The topological polar surface area (TPSA) is 38.9 Å². The number of aryl methyl sites for hydroxylation is 2. The van der Waals surface area contributed by atoms with Crippen LogP contribution in [0.2, 0.25) is 0 Å². The van der Waals surface area contributed by atoms with Gasteiger partial charge in [0.15, 0.2) is 0 Å². The Morgan fingerprint density at radius 2 is 2.27 bits per heavy atom. The van der Waals surface area contributed by atoms with E-state index in [0.29, 0.717) is 0 Å². The first-order valence-electron chi connectivity index (χ1n) is 5.10. The van der Waals surface area contributed by atoms with Gasteiger partial charge in [-0.1, -0.05) is 6.07 Å². The second-order valence-corrected chi connectivity index (χ2v) is 5.08. The highest BCUT2D eigenvalue weighted by Crippen LogP contribution is 2.39. The first kappa shape index (κ1) is 8.92. The predicted molar refractivity (Wildman–Crippen MR) is 64.8 cm³/mol. The standard InChI is InChI=1S/C12H12N2S/c1-7-14-10-5-4-8-2-3-9(6-13)11(8)12(10)15-7/h4-6H,2-3,13H2,1H3/b9-6+. The van der Waals surface area contributed by atoms with Crippen LogP contribution in [0.25, 0.3) is 15.8 Å². The molecule has 2 nitrogen and oxygen atoms in total. The van der Waals surface area contributed by atoms with Crippen LogP contribution < -0.4 is 5.73 Å². The highest BCUT2D eigenvalue weighted by molar-refractivity contribution is 7.18. The molecule has 76 valence electrons. The largest absolute Gasteiger partial charge is 0.404 e. The van der Waals surface area contributed by atoms with Gasteiger partial charge in [-0.2, -0.15) is 0 Å². The van der Waals surface area contributed by atoms with Gasteiger partial charge in [0.2, 0.25) is 0 Å².